The van der Waals surface area contributed by atoms with Crippen molar-refractivity contribution in [1.29, 1.82) is 0 Å². The van der Waals surface area contributed by atoms with E-state index in [1.54, 1.807) is 6.07 Å². The number of benzene rings is 1. The van der Waals surface area contributed by atoms with Gasteiger partial charge in [-0.3, -0.25) is 0 Å². The monoisotopic (exact) mass is 148 g/mol. The van der Waals surface area contributed by atoms with Gasteiger partial charge in [-0.15, -0.1) is 0 Å². The minimum absolute atomic E-state index is 0.688. The Bertz CT molecular complexity index is 290. The quantitative estimate of drug-likeness (QED) is 0.597. The molecule has 1 aromatic carbocycles. The van der Waals surface area contributed by atoms with Crippen molar-refractivity contribution in [3.05, 3.63) is 30.3 Å². The lowest BCUT2D eigenvalue weighted by molar-refractivity contribution is 1.57. The highest BCUT2D eigenvalue weighted by Gasteiger charge is 1.98. The van der Waals surface area contributed by atoms with Gasteiger partial charge in [-0.1, -0.05) is 12.6 Å². The van der Waals surface area contributed by atoms with Gasteiger partial charge in [0.25, 0.3) is 0 Å². The van der Waals surface area contributed by atoms with Crippen molar-refractivity contribution < 1.29 is 0 Å². The lowest BCUT2D eigenvalue weighted by atomic mass is 10.1. The molecule has 58 valence electrons. The van der Waals surface area contributed by atoms with E-state index in [9.17, 15) is 0 Å². The van der Waals surface area contributed by atoms with Crippen molar-refractivity contribution in [3.8, 4) is 0 Å². The summed E-state index contributed by atoms with van der Waals surface area (Å²) in [6, 6.07) is 5.44. The van der Waals surface area contributed by atoms with Crippen molar-refractivity contribution in [2.45, 2.75) is 6.92 Å². The molecule has 0 saturated carbocycles. The second-order valence-corrected chi connectivity index (χ2v) is 2.63. The van der Waals surface area contributed by atoms with Crippen LogP contribution in [0.3, 0.4) is 0 Å². The first kappa shape index (κ1) is 7.66. The van der Waals surface area contributed by atoms with E-state index in [0.717, 1.165) is 11.1 Å². The highest BCUT2D eigenvalue weighted by atomic mass is 14.6. The fourth-order valence-electron chi connectivity index (χ4n) is 0.970. The van der Waals surface area contributed by atoms with Crippen molar-refractivity contribution in [3.63, 3.8) is 0 Å². The summed E-state index contributed by atoms with van der Waals surface area (Å²) in [5.74, 6) is 0. The maximum Gasteiger partial charge on any atom is 0.0410 e. The molecule has 0 saturated heterocycles. The molecule has 0 spiro atoms. The molecular formula is C9H12N2. The van der Waals surface area contributed by atoms with Crippen LogP contribution in [0.25, 0.3) is 5.57 Å². The van der Waals surface area contributed by atoms with Gasteiger partial charge in [-0.25, -0.2) is 0 Å². The van der Waals surface area contributed by atoms with Gasteiger partial charge in [0, 0.05) is 11.4 Å². The average molecular weight is 148 g/mol. The first-order valence-corrected chi connectivity index (χ1v) is 3.42. The van der Waals surface area contributed by atoms with Crippen LogP contribution in [0.5, 0.6) is 0 Å². The van der Waals surface area contributed by atoms with E-state index >= 15 is 0 Å². The fraction of sp³-hybridized carbons (Fsp3) is 0.111. The summed E-state index contributed by atoms with van der Waals surface area (Å²) in [6.07, 6.45) is 0. The molecule has 0 unspecified atom stereocenters. The molecule has 2 heteroatoms. The van der Waals surface area contributed by atoms with Crippen molar-refractivity contribution >= 4 is 16.9 Å². The third-order valence-electron chi connectivity index (χ3n) is 1.54. The van der Waals surface area contributed by atoms with E-state index in [2.05, 4.69) is 6.58 Å². The maximum atomic E-state index is 5.68. The lowest BCUT2D eigenvalue weighted by Gasteiger charge is -2.04. The van der Waals surface area contributed by atoms with Gasteiger partial charge in [-0.05, 0) is 30.2 Å². The SMILES string of the molecule is C=C(C)c1ccc(N)cc1N. The maximum absolute atomic E-state index is 5.68. The molecule has 0 radical (unpaired) electrons. The molecule has 0 aliphatic rings. The molecule has 2 nitrogen and oxygen atoms in total. The Hall–Kier alpha value is -1.44. The fourth-order valence-corrected chi connectivity index (χ4v) is 0.970. The van der Waals surface area contributed by atoms with Crippen LogP contribution in [0.4, 0.5) is 11.4 Å². The molecule has 0 aliphatic heterocycles. The van der Waals surface area contributed by atoms with Crippen LogP contribution in [0.2, 0.25) is 0 Å². The average Bonchev–Trinajstić information content (AvgIpc) is 1.85. The first-order chi connectivity index (χ1) is 5.11. The molecule has 0 fully saturated rings. The Morgan fingerprint density at radius 2 is 2.00 bits per heavy atom. The molecule has 0 aromatic heterocycles. The molecule has 1 rings (SSSR count). The first-order valence-electron chi connectivity index (χ1n) is 3.42. The van der Waals surface area contributed by atoms with Gasteiger partial charge in [0.1, 0.15) is 0 Å². The molecule has 0 aliphatic carbocycles. The Balaban J connectivity index is 3.20. The van der Waals surface area contributed by atoms with Gasteiger partial charge < -0.3 is 11.5 Å². The predicted octanol–water partition coefficient (Wildman–Crippen LogP) is 1.88. The molecule has 1 aromatic rings. The van der Waals surface area contributed by atoms with Crippen LogP contribution in [-0.4, -0.2) is 0 Å². The predicted molar refractivity (Wildman–Crippen MR) is 50.0 cm³/mol. The summed E-state index contributed by atoms with van der Waals surface area (Å²) in [5.41, 5.74) is 14.5. The normalized spacial score (nSPS) is 9.55. The van der Waals surface area contributed by atoms with Crippen LogP contribution in [0.1, 0.15) is 12.5 Å². The van der Waals surface area contributed by atoms with Gasteiger partial charge >= 0.3 is 0 Å². The molecule has 4 N–H and O–H groups in total. The molecule has 0 bridgehead atoms. The third-order valence-corrected chi connectivity index (χ3v) is 1.54. The number of nitrogen functional groups attached to an aromatic ring is 2. The molecular weight excluding hydrogens is 136 g/mol. The van der Waals surface area contributed by atoms with Crippen LogP contribution < -0.4 is 11.5 Å². The minimum atomic E-state index is 0.688. The van der Waals surface area contributed by atoms with E-state index in [4.69, 9.17) is 11.5 Å². The number of nitrogens with two attached hydrogens (primary N) is 2. The number of allylic oxidation sites excluding steroid dienone is 1. The zero-order chi connectivity index (χ0) is 8.43. The zero-order valence-corrected chi connectivity index (χ0v) is 6.59. The summed E-state index contributed by atoms with van der Waals surface area (Å²) in [5, 5.41) is 0. The third kappa shape index (κ3) is 1.52. The zero-order valence-electron chi connectivity index (χ0n) is 6.59. The van der Waals surface area contributed by atoms with Gasteiger partial charge in [0.05, 0.1) is 0 Å². The van der Waals surface area contributed by atoms with Gasteiger partial charge in [0.15, 0.2) is 0 Å². The molecule has 11 heavy (non-hydrogen) atoms. The summed E-state index contributed by atoms with van der Waals surface area (Å²) in [7, 11) is 0. The lowest BCUT2D eigenvalue weighted by Crippen LogP contribution is -1.93. The molecule has 0 heterocycles. The highest BCUT2D eigenvalue weighted by molar-refractivity contribution is 5.74. The second kappa shape index (κ2) is 2.66. The Morgan fingerprint density at radius 1 is 1.36 bits per heavy atom. The molecule has 0 amide bonds. The summed E-state index contributed by atoms with van der Waals surface area (Å²) < 4.78 is 0. The topological polar surface area (TPSA) is 52.0 Å². The minimum Gasteiger partial charge on any atom is -0.399 e. The van der Waals surface area contributed by atoms with E-state index in [-0.39, 0.29) is 0 Å². The number of hydrogen-bond acceptors (Lipinski definition) is 2. The van der Waals surface area contributed by atoms with Crippen LogP contribution in [0.15, 0.2) is 24.8 Å². The number of anilines is 2. The van der Waals surface area contributed by atoms with Crippen LogP contribution in [-0.2, 0) is 0 Å². The number of rotatable bonds is 1. The Labute approximate surface area is 66.5 Å². The Morgan fingerprint density at radius 3 is 2.45 bits per heavy atom. The van der Waals surface area contributed by atoms with E-state index in [0.29, 0.717) is 11.4 Å². The Kier molecular flexibility index (Phi) is 1.85. The highest BCUT2D eigenvalue weighted by Crippen LogP contribution is 2.21. The van der Waals surface area contributed by atoms with E-state index in [1.807, 2.05) is 19.1 Å². The van der Waals surface area contributed by atoms with Crippen molar-refractivity contribution in [2.75, 3.05) is 11.5 Å². The smallest absolute Gasteiger partial charge is 0.0410 e. The standard InChI is InChI=1S/C9H12N2/c1-6(2)8-4-3-7(10)5-9(8)11/h3-5H,1,10-11H2,2H3. The van der Waals surface area contributed by atoms with Crippen LogP contribution in [0, 0.1) is 0 Å². The van der Waals surface area contributed by atoms with E-state index < -0.39 is 0 Å². The van der Waals surface area contributed by atoms with Crippen LogP contribution >= 0.6 is 0 Å². The summed E-state index contributed by atoms with van der Waals surface area (Å²) >= 11 is 0. The second-order valence-electron chi connectivity index (χ2n) is 2.63. The largest absolute Gasteiger partial charge is 0.399 e. The van der Waals surface area contributed by atoms with Gasteiger partial charge in [0.2, 0.25) is 0 Å². The summed E-state index contributed by atoms with van der Waals surface area (Å²) in [6.45, 7) is 5.71. The van der Waals surface area contributed by atoms with E-state index in [1.165, 1.54) is 0 Å². The van der Waals surface area contributed by atoms with Crippen molar-refractivity contribution in [2.24, 2.45) is 0 Å². The van der Waals surface area contributed by atoms with Crippen molar-refractivity contribution in [1.82, 2.24) is 0 Å². The number of hydrogen-bond donors (Lipinski definition) is 2. The molecule has 0 atom stereocenters. The van der Waals surface area contributed by atoms with Gasteiger partial charge in [-0.2, -0.15) is 0 Å². The summed E-state index contributed by atoms with van der Waals surface area (Å²) in [4.78, 5) is 0.